The van der Waals surface area contributed by atoms with E-state index in [1.807, 2.05) is 0 Å². The van der Waals surface area contributed by atoms with Gasteiger partial charge in [-0.05, 0) is 93.3 Å². The summed E-state index contributed by atoms with van der Waals surface area (Å²) in [7, 11) is 0. The normalized spacial score (nSPS) is 56.5. The van der Waals surface area contributed by atoms with Crippen molar-refractivity contribution in [1.82, 2.24) is 0 Å². The Morgan fingerprint density at radius 1 is 0.842 bits per heavy atom. The third kappa shape index (κ3) is 1.98. The number of nitrogens with two attached hydrogens (primary N) is 2. The van der Waals surface area contributed by atoms with E-state index in [1.165, 1.54) is 25.7 Å². The molecule has 2 heteroatoms. The molecule has 4 bridgehead atoms. The summed E-state index contributed by atoms with van der Waals surface area (Å²) in [6.45, 7) is 0.681. The number of rotatable bonds is 2. The van der Waals surface area contributed by atoms with Crippen LogP contribution in [0.5, 0.6) is 0 Å². The first-order chi connectivity index (χ1) is 9.11. The third-order valence-corrected chi connectivity index (χ3v) is 7.34. The Morgan fingerprint density at radius 3 is 1.74 bits per heavy atom. The first kappa shape index (κ1) is 12.6. The molecule has 0 aromatic rings. The van der Waals surface area contributed by atoms with Crippen molar-refractivity contribution in [2.75, 3.05) is 6.54 Å². The minimum Gasteiger partial charge on any atom is -0.329 e. The standard InChI is InChI=1S/C17H30N2/c18-11-17(19)3-1-15(2-4-17)16-8-12-5-13(9-16)7-14(6-12)10-16/h12-15H,1-11,18-19H2. The lowest BCUT2D eigenvalue weighted by molar-refractivity contribution is -0.0983. The fourth-order valence-electron chi connectivity index (χ4n) is 6.69. The van der Waals surface area contributed by atoms with Gasteiger partial charge in [-0.15, -0.1) is 0 Å². The van der Waals surface area contributed by atoms with E-state index in [1.54, 1.807) is 38.5 Å². The predicted octanol–water partition coefficient (Wildman–Crippen LogP) is 3.05. The lowest BCUT2D eigenvalue weighted by Crippen LogP contribution is -2.54. The van der Waals surface area contributed by atoms with Gasteiger partial charge in [0.2, 0.25) is 0 Å². The summed E-state index contributed by atoms with van der Waals surface area (Å²) >= 11 is 0. The van der Waals surface area contributed by atoms with Crippen molar-refractivity contribution in [3.8, 4) is 0 Å². The van der Waals surface area contributed by atoms with E-state index >= 15 is 0 Å². The minimum absolute atomic E-state index is 0.0290. The molecule has 5 rings (SSSR count). The smallest absolute Gasteiger partial charge is 0.0278 e. The molecule has 0 aromatic carbocycles. The van der Waals surface area contributed by atoms with Crippen molar-refractivity contribution in [3.63, 3.8) is 0 Å². The van der Waals surface area contributed by atoms with Crippen LogP contribution in [-0.4, -0.2) is 12.1 Å². The van der Waals surface area contributed by atoms with Gasteiger partial charge < -0.3 is 11.5 Å². The highest BCUT2D eigenvalue weighted by molar-refractivity contribution is 5.06. The van der Waals surface area contributed by atoms with Gasteiger partial charge in [-0.2, -0.15) is 0 Å². The van der Waals surface area contributed by atoms with E-state index in [0.717, 1.165) is 29.1 Å². The third-order valence-electron chi connectivity index (χ3n) is 7.34. The zero-order valence-corrected chi connectivity index (χ0v) is 12.2. The van der Waals surface area contributed by atoms with Crippen molar-refractivity contribution >= 4 is 0 Å². The molecule has 5 fully saturated rings. The van der Waals surface area contributed by atoms with E-state index in [4.69, 9.17) is 11.5 Å². The molecule has 5 saturated carbocycles. The van der Waals surface area contributed by atoms with Crippen LogP contribution >= 0.6 is 0 Å². The second-order valence-electron chi connectivity index (χ2n) is 8.62. The van der Waals surface area contributed by atoms with Gasteiger partial charge in [0, 0.05) is 12.1 Å². The van der Waals surface area contributed by atoms with Crippen molar-refractivity contribution in [2.24, 2.45) is 40.6 Å². The molecule has 0 aliphatic heterocycles. The molecule has 0 spiro atoms. The van der Waals surface area contributed by atoms with Crippen LogP contribution in [0, 0.1) is 29.1 Å². The fraction of sp³-hybridized carbons (Fsp3) is 1.00. The second-order valence-corrected chi connectivity index (χ2v) is 8.62. The van der Waals surface area contributed by atoms with Crippen molar-refractivity contribution in [2.45, 2.75) is 69.7 Å². The van der Waals surface area contributed by atoms with Gasteiger partial charge in [0.25, 0.3) is 0 Å². The van der Waals surface area contributed by atoms with Crippen molar-refractivity contribution < 1.29 is 0 Å². The van der Waals surface area contributed by atoms with Gasteiger partial charge in [-0.1, -0.05) is 0 Å². The summed E-state index contributed by atoms with van der Waals surface area (Å²) in [4.78, 5) is 0. The monoisotopic (exact) mass is 262 g/mol. The van der Waals surface area contributed by atoms with Gasteiger partial charge in [-0.3, -0.25) is 0 Å². The summed E-state index contributed by atoms with van der Waals surface area (Å²) in [5, 5.41) is 0. The highest BCUT2D eigenvalue weighted by Crippen LogP contribution is 2.64. The van der Waals surface area contributed by atoms with Crippen LogP contribution in [0.25, 0.3) is 0 Å². The predicted molar refractivity (Wildman–Crippen MR) is 78.5 cm³/mol. The molecule has 5 aliphatic carbocycles. The topological polar surface area (TPSA) is 52.0 Å². The summed E-state index contributed by atoms with van der Waals surface area (Å²) in [6.07, 6.45) is 14.4. The molecule has 0 saturated heterocycles. The van der Waals surface area contributed by atoms with Crippen LogP contribution in [0.2, 0.25) is 0 Å². The van der Waals surface area contributed by atoms with Gasteiger partial charge in [-0.25, -0.2) is 0 Å². The second kappa shape index (κ2) is 4.21. The first-order valence-corrected chi connectivity index (χ1v) is 8.60. The maximum Gasteiger partial charge on any atom is 0.0278 e. The Labute approximate surface area is 117 Å². The summed E-state index contributed by atoms with van der Waals surface area (Å²) in [5.41, 5.74) is 13.0. The summed E-state index contributed by atoms with van der Waals surface area (Å²) in [6, 6.07) is 0. The Balaban J connectivity index is 1.51. The van der Waals surface area contributed by atoms with E-state index < -0.39 is 0 Å². The highest BCUT2D eigenvalue weighted by atomic mass is 14.8. The van der Waals surface area contributed by atoms with Crippen LogP contribution in [0.15, 0.2) is 0 Å². The fourth-order valence-corrected chi connectivity index (χ4v) is 6.69. The molecule has 19 heavy (non-hydrogen) atoms. The molecular formula is C17H30N2. The molecule has 2 nitrogen and oxygen atoms in total. The Bertz CT molecular complexity index is 319. The van der Waals surface area contributed by atoms with E-state index in [0.29, 0.717) is 6.54 Å². The largest absolute Gasteiger partial charge is 0.329 e. The average Bonchev–Trinajstić information content (AvgIpc) is 2.38. The van der Waals surface area contributed by atoms with Gasteiger partial charge in [0.1, 0.15) is 0 Å². The van der Waals surface area contributed by atoms with Gasteiger partial charge >= 0.3 is 0 Å². The van der Waals surface area contributed by atoms with E-state index in [-0.39, 0.29) is 5.54 Å². The van der Waals surface area contributed by atoms with Crippen molar-refractivity contribution in [1.29, 1.82) is 0 Å². The molecule has 0 atom stereocenters. The SMILES string of the molecule is NCC1(N)CCC(C23CC4CC(CC(C4)C2)C3)CC1. The number of hydrogen-bond donors (Lipinski definition) is 2. The van der Waals surface area contributed by atoms with E-state index in [9.17, 15) is 0 Å². The molecule has 4 N–H and O–H groups in total. The molecule has 0 radical (unpaired) electrons. The molecule has 0 heterocycles. The molecule has 0 aromatic heterocycles. The number of hydrogen-bond acceptors (Lipinski definition) is 2. The summed E-state index contributed by atoms with van der Waals surface area (Å²) < 4.78 is 0. The van der Waals surface area contributed by atoms with Crippen LogP contribution in [0.3, 0.4) is 0 Å². The molecule has 0 unspecified atom stereocenters. The highest BCUT2D eigenvalue weighted by Gasteiger charge is 2.54. The molecular weight excluding hydrogens is 232 g/mol. The van der Waals surface area contributed by atoms with Gasteiger partial charge in [0.15, 0.2) is 0 Å². The van der Waals surface area contributed by atoms with Crippen LogP contribution in [0.4, 0.5) is 0 Å². The quantitative estimate of drug-likeness (QED) is 0.803. The van der Waals surface area contributed by atoms with Crippen LogP contribution < -0.4 is 11.5 Å². The minimum atomic E-state index is -0.0290. The lowest BCUT2D eigenvalue weighted by Gasteiger charge is -2.61. The van der Waals surface area contributed by atoms with Crippen LogP contribution in [-0.2, 0) is 0 Å². The Kier molecular flexibility index (Phi) is 2.80. The van der Waals surface area contributed by atoms with Gasteiger partial charge in [0.05, 0.1) is 0 Å². The maximum atomic E-state index is 6.39. The Hall–Kier alpha value is -0.0800. The first-order valence-electron chi connectivity index (χ1n) is 8.60. The van der Waals surface area contributed by atoms with Crippen LogP contribution in [0.1, 0.15) is 64.2 Å². The molecule has 108 valence electrons. The molecule has 5 aliphatic rings. The zero-order valence-electron chi connectivity index (χ0n) is 12.2. The van der Waals surface area contributed by atoms with Crippen molar-refractivity contribution in [3.05, 3.63) is 0 Å². The lowest BCUT2D eigenvalue weighted by atomic mass is 9.45. The average molecular weight is 262 g/mol. The summed E-state index contributed by atoms with van der Waals surface area (Å²) in [5.74, 6) is 4.24. The van der Waals surface area contributed by atoms with E-state index in [2.05, 4.69) is 0 Å². The maximum absolute atomic E-state index is 6.39. The zero-order chi connectivity index (χ0) is 13.1. The molecule has 0 amide bonds. The Morgan fingerprint density at radius 2 is 1.32 bits per heavy atom.